The van der Waals surface area contributed by atoms with E-state index in [1.165, 1.54) is 0 Å². The predicted octanol–water partition coefficient (Wildman–Crippen LogP) is 2.00. The van der Waals surface area contributed by atoms with Gasteiger partial charge in [0.15, 0.2) is 5.17 Å². The lowest BCUT2D eigenvalue weighted by Crippen LogP contribution is -2.31. The van der Waals surface area contributed by atoms with Crippen LogP contribution in [0.3, 0.4) is 0 Å². The van der Waals surface area contributed by atoms with Gasteiger partial charge in [-0.05, 0) is 18.9 Å². The third-order valence-electron chi connectivity index (χ3n) is 2.73. The highest BCUT2D eigenvalue weighted by Crippen LogP contribution is 2.19. The Hall–Kier alpha value is -1.10. The van der Waals surface area contributed by atoms with Crippen LogP contribution in [-0.4, -0.2) is 26.9 Å². The average Bonchev–Trinajstić information content (AvgIpc) is 2.75. The summed E-state index contributed by atoms with van der Waals surface area (Å²) in [6.07, 6.45) is 1.78. The van der Waals surface area contributed by atoms with Gasteiger partial charge in [0.05, 0.1) is 12.2 Å². The van der Waals surface area contributed by atoms with Crippen LogP contribution in [0.25, 0.3) is 0 Å². The molecule has 1 atom stereocenters. The molecule has 0 amide bonds. The molecule has 1 aliphatic rings. The van der Waals surface area contributed by atoms with E-state index < -0.39 is 0 Å². The maximum absolute atomic E-state index is 4.55. The molecule has 5 heteroatoms. The fourth-order valence-electron chi connectivity index (χ4n) is 1.61. The first-order valence-corrected chi connectivity index (χ1v) is 6.86. The Morgan fingerprint density at radius 2 is 2.41 bits per heavy atom. The molecular formula is C12H18N4S. The molecular weight excluding hydrogens is 232 g/mol. The lowest BCUT2D eigenvalue weighted by atomic mass is 10.1. The smallest absolute Gasteiger partial charge is 0.157 e. The predicted molar refractivity (Wildman–Crippen MR) is 72.1 cm³/mol. The number of thioether (sulfide) groups is 1. The molecule has 0 aliphatic carbocycles. The van der Waals surface area contributed by atoms with Crippen molar-refractivity contribution >= 4 is 16.9 Å². The summed E-state index contributed by atoms with van der Waals surface area (Å²) in [6.45, 7) is 6.99. The minimum Gasteiger partial charge on any atom is -0.361 e. The third-order valence-corrected chi connectivity index (χ3v) is 3.78. The number of nitrogens with one attached hydrogen (secondary N) is 1. The summed E-state index contributed by atoms with van der Waals surface area (Å²) in [6, 6.07) is 2.46. The van der Waals surface area contributed by atoms with Crippen molar-refractivity contribution in [1.82, 2.24) is 15.3 Å². The van der Waals surface area contributed by atoms with Gasteiger partial charge in [-0.1, -0.05) is 25.6 Å². The Balaban J connectivity index is 1.94. The van der Waals surface area contributed by atoms with Crippen LogP contribution in [0.1, 0.15) is 25.4 Å². The molecule has 1 N–H and O–H groups in total. The Kier molecular flexibility index (Phi) is 3.99. The van der Waals surface area contributed by atoms with E-state index in [1.54, 1.807) is 18.0 Å². The molecule has 0 saturated carbocycles. The number of rotatable bonds is 3. The lowest BCUT2D eigenvalue weighted by molar-refractivity contribution is 0.503. The van der Waals surface area contributed by atoms with Crippen molar-refractivity contribution in [3.63, 3.8) is 0 Å². The fourth-order valence-corrected chi connectivity index (χ4v) is 2.80. The quantitative estimate of drug-likeness (QED) is 0.891. The fraction of sp³-hybridized carbons (Fsp3) is 0.583. The third kappa shape index (κ3) is 3.43. The highest BCUT2D eigenvalue weighted by Gasteiger charge is 2.22. The summed E-state index contributed by atoms with van der Waals surface area (Å²) in [5, 5.41) is 4.49. The molecule has 1 aromatic heterocycles. The summed E-state index contributed by atoms with van der Waals surface area (Å²) in [4.78, 5) is 13.0. The Morgan fingerprint density at radius 3 is 3.06 bits per heavy atom. The Morgan fingerprint density at radius 1 is 1.59 bits per heavy atom. The second-order valence-corrected chi connectivity index (χ2v) is 5.53. The zero-order valence-electron chi connectivity index (χ0n) is 10.5. The van der Waals surface area contributed by atoms with Gasteiger partial charge in [0, 0.05) is 18.0 Å². The maximum atomic E-state index is 4.55. The van der Waals surface area contributed by atoms with Crippen molar-refractivity contribution in [2.45, 2.75) is 33.4 Å². The number of aryl methyl sites for hydroxylation is 1. The van der Waals surface area contributed by atoms with Crippen molar-refractivity contribution in [1.29, 1.82) is 0 Å². The molecule has 1 saturated heterocycles. The van der Waals surface area contributed by atoms with E-state index in [1.807, 2.05) is 13.0 Å². The topological polar surface area (TPSA) is 50.2 Å². The van der Waals surface area contributed by atoms with Crippen LogP contribution in [0.15, 0.2) is 17.3 Å². The van der Waals surface area contributed by atoms with Gasteiger partial charge in [-0.15, -0.1) is 0 Å². The van der Waals surface area contributed by atoms with Gasteiger partial charge in [-0.2, -0.15) is 0 Å². The van der Waals surface area contributed by atoms with Crippen molar-refractivity contribution in [3.8, 4) is 0 Å². The van der Waals surface area contributed by atoms with Crippen LogP contribution in [0.2, 0.25) is 0 Å². The van der Waals surface area contributed by atoms with E-state index in [2.05, 4.69) is 34.1 Å². The van der Waals surface area contributed by atoms with E-state index in [0.29, 0.717) is 18.5 Å². The number of amidine groups is 1. The van der Waals surface area contributed by atoms with Gasteiger partial charge in [0.25, 0.3) is 0 Å². The zero-order chi connectivity index (χ0) is 12.3. The summed E-state index contributed by atoms with van der Waals surface area (Å²) in [5.74, 6) is 2.56. The molecule has 0 unspecified atom stereocenters. The first kappa shape index (κ1) is 12.4. The van der Waals surface area contributed by atoms with E-state index >= 15 is 0 Å². The monoisotopic (exact) mass is 250 g/mol. The molecule has 0 spiro atoms. The maximum Gasteiger partial charge on any atom is 0.157 e. The van der Waals surface area contributed by atoms with Crippen LogP contribution in [0, 0.1) is 12.8 Å². The lowest BCUT2D eigenvalue weighted by Gasteiger charge is -2.12. The van der Waals surface area contributed by atoms with Crippen LogP contribution in [0.5, 0.6) is 0 Å². The minimum atomic E-state index is 0.547. The van der Waals surface area contributed by atoms with Crippen molar-refractivity contribution in [2.24, 2.45) is 10.9 Å². The number of aromatic nitrogens is 2. The van der Waals surface area contributed by atoms with E-state index in [-0.39, 0.29) is 0 Å². The van der Waals surface area contributed by atoms with Crippen LogP contribution < -0.4 is 5.32 Å². The molecule has 1 aromatic rings. The molecule has 4 nitrogen and oxygen atoms in total. The molecule has 0 aromatic carbocycles. The minimum absolute atomic E-state index is 0.547. The van der Waals surface area contributed by atoms with Crippen molar-refractivity contribution < 1.29 is 0 Å². The second kappa shape index (κ2) is 5.49. The van der Waals surface area contributed by atoms with Gasteiger partial charge < -0.3 is 5.32 Å². The summed E-state index contributed by atoms with van der Waals surface area (Å²) in [5.41, 5.74) is 0.973. The number of hydrogen-bond acceptors (Lipinski definition) is 4. The van der Waals surface area contributed by atoms with Gasteiger partial charge in [0.1, 0.15) is 5.82 Å². The second-order valence-electron chi connectivity index (χ2n) is 4.52. The van der Waals surface area contributed by atoms with Crippen LogP contribution >= 0.6 is 11.8 Å². The first-order valence-electron chi connectivity index (χ1n) is 5.87. The van der Waals surface area contributed by atoms with Gasteiger partial charge >= 0.3 is 0 Å². The number of nitrogens with zero attached hydrogens (tertiary/aromatic N) is 3. The average molecular weight is 250 g/mol. The molecule has 2 heterocycles. The zero-order valence-corrected chi connectivity index (χ0v) is 11.3. The number of hydrogen-bond donors (Lipinski definition) is 1. The highest BCUT2D eigenvalue weighted by molar-refractivity contribution is 8.14. The van der Waals surface area contributed by atoms with E-state index in [9.17, 15) is 0 Å². The molecule has 0 bridgehead atoms. The molecule has 0 radical (unpaired) electrons. The van der Waals surface area contributed by atoms with Crippen molar-refractivity contribution in [3.05, 3.63) is 23.8 Å². The highest BCUT2D eigenvalue weighted by atomic mass is 32.2. The van der Waals surface area contributed by atoms with Crippen LogP contribution in [0.4, 0.5) is 0 Å². The molecule has 2 rings (SSSR count). The van der Waals surface area contributed by atoms with Gasteiger partial charge in [0.2, 0.25) is 0 Å². The van der Waals surface area contributed by atoms with Gasteiger partial charge in [-0.25, -0.2) is 9.97 Å². The normalized spacial score (nSPS) is 22.1. The molecule has 92 valence electrons. The number of aliphatic imine (C=N–C) groups is 1. The standard InChI is InChI=1S/C12H18N4S/c1-8(2)11-7-17-12(16-11)14-6-10-4-5-13-9(3)15-10/h4-5,8,11H,6-7H2,1-3H3,(H,14,16)/t11-/m1/s1. The molecule has 1 aliphatic heterocycles. The summed E-state index contributed by atoms with van der Waals surface area (Å²) in [7, 11) is 0. The van der Waals surface area contributed by atoms with E-state index in [0.717, 1.165) is 22.4 Å². The first-order chi connectivity index (χ1) is 8.15. The largest absolute Gasteiger partial charge is 0.361 e. The SMILES string of the molecule is Cc1nccc(CN=C2N[C@@H](C(C)C)CS2)n1. The summed E-state index contributed by atoms with van der Waals surface area (Å²) >= 11 is 1.80. The van der Waals surface area contributed by atoms with Crippen LogP contribution in [-0.2, 0) is 6.54 Å². The Bertz CT molecular complexity index is 417. The van der Waals surface area contributed by atoms with Crippen molar-refractivity contribution in [2.75, 3.05) is 5.75 Å². The Labute approximate surface area is 106 Å². The van der Waals surface area contributed by atoms with E-state index in [4.69, 9.17) is 0 Å². The van der Waals surface area contributed by atoms with Gasteiger partial charge in [-0.3, -0.25) is 4.99 Å². The summed E-state index contributed by atoms with van der Waals surface area (Å²) < 4.78 is 0. The molecule has 1 fully saturated rings. The molecule has 17 heavy (non-hydrogen) atoms.